The van der Waals surface area contributed by atoms with Gasteiger partial charge in [-0.05, 0) is 57.8 Å². The van der Waals surface area contributed by atoms with E-state index in [0.29, 0.717) is 12.2 Å². The number of rotatable bonds is 3. The summed E-state index contributed by atoms with van der Waals surface area (Å²) in [5.74, 6) is 4.18. The molecule has 1 fully saturated rings. The second-order valence-electron chi connectivity index (χ2n) is 10.7. The van der Waals surface area contributed by atoms with Gasteiger partial charge in [0.05, 0.1) is 18.8 Å². The van der Waals surface area contributed by atoms with E-state index in [9.17, 15) is 19.5 Å². The van der Waals surface area contributed by atoms with Crippen molar-refractivity contribution in [2.75, 3.05) is 6.54 Å². The minimum atomic E-state index is -1.84. The first-order valence-corrected chi connectivity index (χ1v) is 14.0. The number of hydrazine groups is 1. The number of aliphatic hydroxyl groups is 1. The Labute approximate surface area is 197 Å². The van der Waals surface area contributed by atoms with Crippen molar-refractivity contribution in [3.05, 3.63) is 34.7 Å². The zero-order valence-corrected chi connectivity index (χ0v) is 22.0. The molecule has 0 radical (unpaired) electrons. The molecule has 0 spiro atoms. The fraction of sp³-hybridized carbons (Fsp3) is 0.652. The van der Waals surface area contributed by atoms with E-state index in [1.165, 1.54) is 12.3 Å². The lowest BCUT2D eigenvalue weighted by Crippen LogP contribution is -2.45. The molecule has 2 atom stereocenters. The fourth-order valence-corrected chi connectivity index (χ4v) is 3.65. The molecule has 1 aromatic heterocycles. The molecule has 9 nitrogen and oxygen atoms in total. The van der Waals surface area contributed by atoms with E-state index in [1.807, 2.05) is 0 Å². The number of aromatic nitrogens is 1. The summed E-state index contributed by atoms with van der Waals surface area (Å²) in [7, 11) is -1.84. The summed E-state index contributed by atoms with van der Waals surface area (Å²) < 4.78 is 11.2. The van der Waals surface area contributed by atoms with Crippen molar-refractivity contribution in [3.8, 4) is 5.75 Å². The average Bonchev–Trinajstić information content (AvgIpc) is 2.90. The van der Waals surface area contributed by atoms with Gasteiger partial charge in [0.25, 0.3) is 19.8 Å². The molecule has 3 N–H and O–H groups in total. The minimum absolute atomic E-state index is 0.0537. The number of nitrogens with zero attached hydrogens (tertiary/aromatic N) is 2. The topological polar surface area (TPSA) is 132 Å². The lowest BCUT2D eigenvalue weighted by molar-refractivity contribution is -0.164. The van der Waals surface area contributed by atoms with Crippen molar-refractivity contribution in [2.24, 2.45) is 11.8 Å². The standard InChI is InChI=1S/C12H19NO2Si.C11H20N2O4/c1-12(2,3)16(4,5)15-10-7-6-8-11(14)13-9-10;1-11(2,3)17-10(16)8-5-4-7(14)6-13(12)9(8)15/h6-9H,1-5H3;7-8,14H,4-6,12H2,1-3H3/t;7-,8+/m.1/s1. The van der Waals surface area contributed by atoms with Crippen molar-refractivity contribution >= 4 is 20.2 Å². The molecule has 0 unspecified atom stereocenters. The SMILES string of the molecule is CC(C)(C)OC(=O)[C@H]1CC[C@@H](O)CN(N)C1=O.CC(C)(C)[Si](C)(C)Oc1cccc(=O)nc1. The van der Waals surface area contributed by atoms with Gasteiger partial charge in [0.15, 0.2) is 0 Å². The average molecular weight is 482 g/mol. The molecule has 1 aliphatic heterocycles. The summed E-state index contributed by atoms with van der Waals surface area (Å²) in [4.78, 5) is 38.4. The molecular formula is C23H39N3O6Si. The van der Waals surface area contributed by atoms with E-state index in [2.05, 4.69) is 38.8 Å². The van der Waals surface area contributed by atoms with Gasteiger partial charge in [0.2, 0.25) is 0 Å². The highest BCUT2D eigenvalue weighted by molar-refractivity contribution is 6.74. The Morgan fingerprint density at radius 1 is 1.15 bits per heavy atom. The van der Waals surface area contributed by atoms with Crippen LogP contribution in [0.4, 0.5) is 0 Å². The highest BCUT2D eigenvalue weighted by Gasteiger charge is 2.39. The summed E-state index contributed by atoms with van der Waals surface area (Å²) in [6.45, 7) is 16.1. The van der Waals surface area contributed by atoms with E-state index in [4.69, 9.17) is 15.0 Å². The van der Waals surface area contributed by atoms with Crippen molar-refractivity contribution in [1.82, 2.24) is 9.99 Å². The number of ether oxygens (including phenoxy) is 1. The summed E-state index contributed by atoms with van der Waals surface area (Å²) in [6, 6.07) is 4.89. The van der Waals surface area contributed by atoms with Gasteiger partial charge >= 0.3 is 5.97 Å². The van der Waals surface area contributed by atoms with E-state index in [1.54, 1.807) is 32.9 Å². The van der Waals surface area contributed by atoms with E-state index in [-0.39, 0.29) is 23.6 Å². The van der Waals surface area contributed by atoms with Gasteiger partial charge in [0, 0.05) is 6.07 Å². The Hall–Kier alpha value is -2.30. The lowest BCUT2D eigenvalue weighted by Gasteiger charge is -2.36. The third kappa shape index (κ3) is 9.61. The predicted molar refractivity (Wildman–Crippen MR) is 129 cm³/mol. The molecular weight excluding hydrogens is 442 g/mol. The van der Waals surface area contributed by atoms with Crippen LogP contribution >= 0.6 is 0 Å². The number of aliphatic hydroxyl groups excluding tert-OH is 1. The molecule has 1 aliphatic rings. The second-order valence-corrected chi connectivity index (χ2v) is 15.4. The van der Waals surface area contributed by atoms with Crippen LogP contribution in [-0.2, 0) is 14.3 Å². The zero-order valence-electron chi connectivity index (χ0n) is 21.0. The van der Waals surface area contributed by atoms with Gasteiger partial charge in [-0.3, -0.25) is 19.4 Å². The van der Waals surface area contributed by atoms with Crippen molar-refractivity contribution in [3.63, 3.8) is 0 Å². The van der Waals surface area contributed by atoms with Gasteiger partial charge in [-0.25, -0.2) is 10.8 Å². The Morgan fingerprint density at radius 3 is 2.30 bits per heavy atom. The van der Waals surface area contributed by atoms with Crippen LogP contribution in [0.25, 0.3) is 0 Å². The first-order chi connectivity index (χ1) is 14.9. The van der Waals surface area contributed by atoms with Crippen LogP contribution in [0.1, 0.15) is 54.4 Å². The highest BCUT2D eigenvalue weighted by atomic mass is 28.4. The van der Waals surface area contributed by atoms with E-state index < -0.39 is 37.8 Å². The largest absolute Gasteiger partial charge is 0.542 e. The van der Waals surface area contributed by atoms with E-state index in [0.717, 1.165) is 5.01 Å². The van der Waals surface area contributed by atoms with Crippen LogP contribution < -0.4 is 15.8 Å². The molecule has 0 bridgehead atoms. The third-order valence-corrected chi connectivity index (χ3v) is 9.82. The van der Waals surface area contributed by atoms with Gasteiger partial charge in [0.1, 0.15) is 17.3 Å². The molecule has 0 saturated carbocycles. The summed E-state index contributed by atoms with van der Waals surface area (Å²) in [5.41, 5.74) is -0.882. The maximum Gasteiger partial charge on any atom is 0.319 e. The molecule has 10 heteroatoms. The molecule has 0 aromatic carbocycles. The number of esters is 1. The van der Waals surface area contributed by atoms with Crippen molar-refractivity contribution in [1.29, 1.82) is 0 Å². The molecule has 1 amide bonds. The first kappa shape index (κ1) is 28.7. The first-order valence-electron chi connectivity index (χ1n) is 11.1. The van der Waals surface area contributed by atoms with Crippen LogP contribution in [0.5, 0.6) is 5.75 Å². The quantitative estimate of drug-likeness (QED) is 0.221. The van der Waals surface area contributed by atoms with Gasteiger partial charge in [-0.15, -0.1) is 0 Å². The number of hydrogen-bond donors (Lipinski definition) is 2. The Kier molecular flexibility index (Phi) is 9.76. The number of hydrogen-bond acceptors (Lipinski definition) is 8. The van der Waals surface area contributed by atoms with Gasteiger partial charge in [-0.1, -0.05) is 26.8 Å². The van der Waals surface area contributed by atoms with Crippen molar-refractivity contribution in [2.45, 2.75) is 84.2 Å². The van der Waals surface area contributed by atoms with Gasteiger partial charge < -0.3 is 14.3 Å². The molecule has 2 heterocycles. The molecule has 1 saturated heterocycles. The number of carbonyl (C=O) groups is 2. The monoisotopic (exact) mass is 481 g/mol. The third-order valence-electron chi connectivity index (χ3n) is 5.47. The normalized spacial score (nSPS) is 19.7. The molecule has 1 aromatic rings. The van der Waals surface area contributed by atoms with Crippen LogP contribution in [0.15, 0.2) is 29.2 Å². The second kappa shape index (κ2) is 11.2. The Morgan fingerprint density at radius 2 is 1.76 bits per heavy atom. The molecule has 186 valence electrons. The smallest absolute Gasteiger partial charge is 0.319 e. The van der Waals surface area contributed by atoms with Crippen LogP contribution in [-0.4, -0.2) is 53.5 Å². The Balaban J connectivity index is 0.000000331. The van der Waals surface area contributed by atoms with Crippen molar-refractivity contribution < 1.29 is 23.9 Å². The van der Waals surface area contributed by atoms with Crippen LogP contribution in [0.2, 0.25) is 18.1 Å². The number of amides is 1. The summed E-state index contributed by atoms with van der Waals surface area (Å²) in [6.07, 6.45) is 1.45. The maximum absolute atomic E-state index is 11.8. The molecule has 0 aliphatic carbocycles. The summed E-state index contributed by atoms with van der Waals surface area (Å²) in [5, 5.41) is 10.5. The van der Waals surface area contributed by atoms with Crippen LogP contribution in [0.3, 0.4) is 0 Å². The lowest BCUT2D eigenvalue weighted by atomic mass is 10.0. The predicted octanol–water partition coefficient (Wildman–Crippen LogP) is 2.63. The highest BCUT2D eigenvalue weighted by Crippen LogP contribution is 2.36. The van der Waals surface area contributed by atoms with Crippen LogP contribution in [0, 0.1) is 5.92 Å². The van der Waals surface area contributed by atoms with Gasteiger partial charge in [-0.2, -0.15) is 0 Å². The maximum atomic E-state index is 11.8. The number of β-amino-alcohol motifs (C(OH)–C–C–N with tert-alkyl or cyclic N) is 1. The van der Waals surface area contributed by atoms with E-state index >= 15 is 0 Å². The Bertz CT molecular complexity index is 879. The minimum Gasteiger partial charge on any atom is -0.542 e. The molecule has 2 rings (SSSR count). The summed E-state index contributed by atoms with van der Waals surface area (Å²) >= 11 is 0. The molecule has 33 heavy (non-hydrogen) atoms. The zero-order chi connectivity index (χ0) is 25.6. The number of carbonyl (C=O) groups excluding carboxylic acids is 2. The number of nitrogens with two attached hydrogens (primary N) is 1. The fourth-order valence-electron chi connectivity index (χ4n) is 2.63.